The fraction of sp³-hybridized carbons (Fsp3) is 0.632. The summed E-state index contributed by atoms with van der Waals surface area (Å²) in [5, 5.41) is 3.07. The first kappa shape index (κ1) is 16.5. The van der Waals surface area contributed by atoms with Gasteiger partial charge in [0.15, 0.2) is 0 Å². The molecule has 4 nitrogen and oxygen atoms in total. The zero-order valence-corrected chi connectivity index (χ0v) is 14.4. The minimum Gasteiger partial charge on any atom is -0.371 e. The molecule has 3 rings (SSSR count). The highest BCUT2D eigenvalue weighted by molar-refractivity contribution is 5.79. The Bertz CT molecular complexity index is 558. The van der Waals surface area contributed by atoms with Crippen LogP contribution in [0, 0.1) is 18.8 Å². The van der Waals surface area contributed by atoms with Crippen LogP contribution in [0.5, 0.6) is 0 Å². The molecule has 2 bridgehead atoms. The monoisotopic (exact) mass is 316 g/mol. The van der Waals surface area contributed by atoms with Crippen molar-refractivity contribution in [1.82, 2.24) is 10.2 Å². The number of carbonyl (C=O) groups is 1. The van der Waals surface area contributed by atoms with Gasteiger partial charge < -0.3 is 10.1 Å². The smallest absolute Gasteiger partial charge is 0.225 e. The Morgan fingerprint density at radius 2 is 2.13 bits per heavy atom. The van der Waals surface area contributed by atoms with Crippen LogP contribution in [0.3, 0.4) is 0 Å². The number of ether oxygens (including phenoxy) is 1. The van der Waals surface area contributed by atoms with E-state index in [1.807, 2.05) is 0 Å². The van der Waals surface area contributed by atoms with Gasteiger partial charge in [-0.25, -0.2) is 0 Å². The quantitative estimate of drug-likeness (QED) is 0.907. The van der Waals surface area contributed by atoms with E-state index in [4.69, 9.17) is 4.74 Å². The SMILES string of the molecule is Cc1ccccc1CN1C[C@H]2C[C@H](C(=O)NCC(C)C)[C@@H](C1)O2. The molecule has 1 N–H and O–H groups in total. The summed E-state index contributed by atoms with van der Waals surface area (Å²) in [6.45, 7) is 9.88. The lowest BCUT2D eigenvalue weighted by Crippen LogP contribution is -2.45. The van der Waals surface area contributed by atoms with Gasteiger partial charge >= 0.3 is 0 Å². The van der Waals surface area contributed by atoms with Crippen LogP contribution in [0.4, 0.5) is 0 Å². The summed E-state index contributed by atoms with van der Waals surface area (Å²) in [4.78, 5) is 14.8. The molecule has 0 spiro atoms. The molecule has 4 heteroatoms. The number of carbonyl (C=O) groups excluding carboxylic acids is 1. The lowest BCUT2D eigenvalue weighted by atomic mass is 9.99. The number of fused-ring (bicyclic) bond motifs is 2. The van der Waals surface area contributed by atoms with Crippen LogP contribution in [0.2, 0.25) is 0 Å². The maximum absolute atomic E-state index is 12.4. The number of amides is 1. The standard InChI is InChI=1S/C19H28N2O2/c1-13(2)9-20-19(22)17-8-16-11-21(12-18(17)23-16)10-15-7-5-4-6-14(15)3/h4-7,13,16-18H,8-12H2,1-3H3,(H,20,22)/t16-,17+,18-/m1/s1. The molecule has 0 saturated carbocycles. The Hall–Kier alpha value is -1.39. The highest BCUT2D eigenvalue weighted by atomic mass is 16.5. The van der Waals surface area contributed by atoms with E-state index in [1.165, 1.54) is 11.1 Å². The Morgan fingerprint density at radius 1 is 1.35 bits per heavy atom. The van der Waals surface area contributed by atoms with Gasteiger partial charge in [-0.05, 0) is 30.4 Å². The van der Waals surface area contributed by atoms with Crippen LogP contribution < -0.4 is 5.32 Å². The lowest BCUT2D eigenvalue weighted by molar-refractivity contribution is -0.128. The third-order valence-electron chi connectivity index (χ3n) is 4.91. The molecule has 0 aliphatic carbocycles. The van der Waals surface area contributed by atoms with Gasteiger partial charge in [0.1, 0.15) is 0 Å². The van der Waals surface area contributed by atoms with Crippen molar-refractivity contribution in [3.8, 4) is 0 Å². The fourth-order valence-electron chi connectivity index (χ4n) is 3.61. The van der Waals surface area contributed by atoms with Crippen molar-refractivity contribution >= 4 is 5.91 Å². The lowest BCUT2D eigenvalue weighted by Gasteiger charge is -2.33. The summed E-state index contributed by atoms with van der Waals surface area (Å²) >= 11 is 0. The highest BCUT2D eigenvalue weighted by Crippen LogP contribution is 2.32. The molecular formula is C19H28N2O2. The molecule has 2 fully saturated rings. The number of hydrogen-bond donors (Lipinski definition) is 1. The van der Waals surface area contributed by atoms with Gasteiger partial charge in [0.05, 0.1) is 18.1 Å². The summed E-state index contributed by atoms with van der Waals surface area (Å²) in [6, 6.07) is 8.53. The molecule has 3 atom stereocenters. The van der Waals surface area contributed by atoms with Crippen LogP contribution in [0.15, 0.2) is 24.3 Å². The predicted octanol–water partition coefficient (Wildman–Crippen LogP) is 2.36. The molecule has 2 aliphatic heterocycles. The number of morpholine rings is 1. The maximum atomic E-state index is 12.4. The number of aryl methyl sites for hydroxylation is 1. The molecule has 126 valence electrons. The van der Waals surface area contributed by atoms with Gasteiger partial charge in [-0.3, -0.25) is 9.69 Å². The Kier molecular flexibility index (Phi) is 5.02. The Balaban J connectivity index is 1.59. The van der Waals surface area contributed by atoms with Crippen molar-refractivity contribution in [3.05, 3.63) is 35.4 Å². The second-order valence-electron chi connectivity index (χ2n) is 7.40. The zero-order chi connectivity index (χ0) is 16.4. The molecule has 0 unspecified atom stereocenters. The number of benzene rings is 1. The van der Waals surface area contributed by atoms with Gasteiger partial charge in [-0.15, -0.1) is 0 Å². The zero-order valence-electron chi connectivity index (χ0n) is 14.4. The molecule has 1 amide bonds. The first-order chi connectivity index (χ1) is 11.0. The summed E-state index contributed by atoms with van der Waals surface area (Å²) in [7, 11) is 0. The predicted molar refractivity (Wildman–Crippen MR) is 91.1 cm³/mol. The number of nitrogens with zero attached hydrogens (tertiary/aromatic N) is 1. The largest absolute Gasteiger partial charge is 0.371 e. The summed E-state index contributed by atoms with van der Waals surface area (Å²) in [6.07, 6.45) is 1.11. The third-order valence-corrected chi connectivity index (χ3v) is 4.91. The summed E-state index contributed by atoms with van der Waals surface area (Å²) in [5.74, 6) is 0.669. The third kappa shape index (κ3) is 3.93. The van der Waals surface area contributed by atoms with Gasteiger partial charge in [0, 0.05) is 26.2 Å². The Labute approximate surface area is 139 Å². The second-order valence-corrected chi connectivity index (χ2v) is 7.40. The van der Waals surface area contributed by atoms with E-state index < -0.39 is 0 Å². The number of hydrogen-bond acceptors (Lipinski definition) is 3. The van der Waals surface area contributed by atoms with Crippen molar-refractivity contribution < 1.29 is 9.53 Å². The van der Waals surface area contributed by atoms with E-state index in [9.17, 15) is 4.79 Å². The minimum absolute atomic E-state index is 0.0145. The van der Waals surface area contributed by atoms with Crippen molar-refractivity contribution in [1.29, 1.82) is 0 Å². The van der Waals surface area contributed by atoms with E-state index in [0.29, 0.717) is 5.92 Å². The second kappa shape index (κ2) is 7.02. The van der Waals surface area contributed by atoms with Crippen LogP contribution >= 0.6 is 0 Å². The van der Waals surface area contributed by atoms with Gasteiger partial charge in [0.25, 0.3) is 0 Å². The summed E-state index contributed by atoms with van der Waals surface area (Å²) < 4.78 is 6.03. The average Bonchev–Trinajstić information content (AvgIpc) is 2.82. The van der Waals surface area contributed by atoms with Crippen molar-refractivity contribution in [2.45, 2.75) is 45.9 Å². The number of rotatable bonds is 5. The highest BCUT2D eigenvalue weighted by Gasteiger charge is 2.44. The molecule has 2 aliphatic rings. The minimum atomic E-state index is 0.0145. The van der Waals surface area contributed by atoms with Gasteiger partial charge in [0.2, 0.25) is 5.91 Å². The van der Waals surface area contributed by atoms with Crippen molar-refractivity contribution in [2.75, 3.05) is 19.6 Å². The van der Waals surface area contributed by atoms with Crippen LogP contribution in [0.25, 0.3) is 0 Å². The first-order valence-electron chi connectivity index (χ1n) is 8.73. The molecule has 1 aromatic rings. The normalized spacial score (nSPS) is 27.4. The molecule has 0 radical (unpaired) electrons. The Morgan fingerprint density at radius 3 is 2.87 bits per heavy atom. The van der Waals surface area contributed by atoms with Crippen LogP contribution in [0.1, 0.15) is 31.4 Å². The topological polar surface area (TPSA) is 41.6 Å². The van der Waals surface area contributed by atoms with Crippen LogP contribution in [-0.2, 0) is 16.1 Å². The van der Waals surface area contributed by atoms with E-state index in [1.54, 1.807) is 0 Å². The molecule has 1 aromatic carbocycles. The molecular weight excluding hydrogens is 288 g/mol. The van der Waals surface area contributed by atoms with Crippen molar-refractivity contribution in [3.63, 3.8) is 0 Å². The number of nitrogens with one attached hydrogen (secondary N) is 1. The van der Waals surface area contributed by atoms with E-state index in [2.05, 4.69) is 55.3 Å². The maximum Gasteiger partial charge on any atom is 0.225 e. The fourth-order valence-corrected chi connectivity index (χ4v) is 3.61. The molecule has 2 heterocycles. The van der Waals surface area contributed by atoms with E-state index in [-0.39, 0.29) is 24.0 Å². The van der Waals surface area contributed by atoms with Gasteiger partial charge in [-0.2, -0.15) is 0 Å². The molecule has 0 aromatic heterocycles. The summed E-state index contributed by atoms with van der Waals surface area (Å²) in [5.41, 5.74) is 2.70. The van der Waals surface area contributed by atoms with Gasteiger partial charge in [-0.1, -0.05) is 38.1 Å². The van der Waals surface area contributed by atoms with E-state index >= 15 is 0 Å². The van der Waals surface area contributed by atoms with Crippen LogP contribution in [-0.4, -0.2) is 42.6 Å². The number of likely N-dealkylation sites (tertiary alicyclic amines) is 1. The molecule has 23 heavy (non-hydrogen) atoms. The first-order valence-corrected chi connectivity index (χ1v) is 8.73. The average molecular weight is 316 g/mol. The van der Waals surface area contributed by atoms with Crippen molar-refractivity contribution in [2.24, 2.45) is 11.8 Å². The molecule has 2 saturated heterocycles. The van der Waals surface area contributed by atoms with E-state index in [0.717, 1.165) is 32.6 Å².